The van der Waals surface area contributed by atoms with Crippen molar-refractivity contribution in [2.24, 2.45) is 17.8 Å². The minimum atomic E-state index is -0.833. The van der Waals surface area contributed by atoms with Crippen molar-refractivity contribution < 1.29 is 14.7 Å². The Labute approximate surface area is 109 Å². The average molecular weight is 255 g/mol. The number of carboxylic acids is 1. The highest BCUT2D eigenvalue weighted by molar-refractivity contribution is 5.85. The fraction of sp³-hybridized carbons (Fsp3) is 0.857. The maximum Gasteiger partial charge on any atom is 0.307 e. The van der Waals surface area contributed by atoms with Crippen molar-refractivity contribution in [3.05, 3.63) is 0 Å². The Balaban J connectivity index is 2.52. The maximum atomic E-state index is 12.1. The lowest BCUT2D eigenvalue weighted by atomic mass is 9.95. The molecular formula is C14H25NO3. The number of carbonyl (C=O) groups is 2. The van der Waals surface area contributed by atoms with Gasteiger partial charge in [-0.2, -0.15) is 0 Å². The standard InChI is InChI=1S/C14H25NO3/c1-4-5-6-10(3)15-13(16)11-7-9(2)8-12(11)14(17)18/h9-12H,4-8H2,1-3H3,(H,15,16)(H,17,18). The Morgan fingerprint density at radius 1 is 1.33 bits per heavy atom. The van der Waals surface area contributed by atoms with Gasteiger partial charge in [-0.25, -0.2) is 0 Å². The predicted octanol–water partition coefficient (Wildman–Crippen LogP) is 2.43. The molecule has 0 radical (unpaired) electrons. The Bertz CT molecular complexity index is 303. The molecule has 1 saturated carbocycles. The lowest BCUT2D eigenvalue weighted by Crippen LogP contribution is -2.40. The third-order valence-corrected chi connectivity index (χ3v) is 3.83. The van der Waals surface area contributed by atoms with Gasteiger partial charge in [0, 0.05) is 6.04 Å². The molecule has 18 heavy (non-hydrogen) atoms. The molecule has 104 valence electrons. The molecule has 0 aromatic carbocycles. The van der Waals surface area contributed by atoms with Gasteiger partial charge >= 0.3 is 5.97 Å². The van der Waals surface area contributed by atoms with Crippen molar-refractivity contribution in [3.63, 3.8) is 0 Å². The molecule has 0 saturated heterocycles. The Morgan fingerprint density at radius 2 is 1.94 bits per heavy atom. The summed E-state index contributed by atoms with van der Waals surface area (Å²) >= 11 is 0. The van der Waals surface area contributed by atoms with E-state index in [1.807, 2.05) is 13.8 Å². The van der Waals surface area contributed by atoms with E-state index >= 15 is 0 Å². The third-order valence-electron chi connectivity index (χ3n) is 3.83. The fourth-order valence-electron chi connectivity index (χ4n) is 2.79. The lowest BCUT2D eigenvalue weighted by Gasteiger charge is -2.19. The second-order valence-electron chi connectivity index (χ2n) is 5.68. The topological polar surface area (TPSA) is 66.4 Å². The summed E-state index contributed by atoms with van der Waals surface area (Å²) < 4.78 is 0. The summed E-state index contributed by atoms with van der Waals surface area (Å²) in [7, 11) is 0. The van der Waals surface area contributed by atoms with E-state index in [9.17, 15) is 9.59 Å². The van der Waals surface area contributed by atoms with Gasteiger partial charge in [-0.3, -0.25) is 9.59 Å². The van der Waals surface area contributed by atoms with Crippen LogP contribution in [0.4, 0.5) is 0 Å². The molecule has 0 aromatic rings. The van der Waals surface area contributed by atoms with E-state index in [1.165, 1.54) is 0 Å². The van der Waals surface area contributed by atoms with Crippen molar-refractivity contribution >= 4 is 11.9 Å². The van der Waals surface area contributed by atoms with Crippen LogP contribution in [0.1, 0.15) is 52.9 Å². The van der Waals surface area contributed by atoms with E-state index in [1.54, 1.807) is 0 Å². The predicted molar refractivity (Wildman–Crippen MR) is 70.1 cm³/mol. The minimum Gasteiger partial charge on any atom is -0.481 e. The molecule has 1 fully saturated rings. The molecule has 4 atom stereocenters. The number of unbranched alkanes of at least 4 members (excludes halogenated alkanes) is 1. The second-order valence-corrected chi connectivity index (χ2v) is 5.68. The molecule has 1 aliphatic rings. The largest absolute Gasteiger partial charge is 0.481 e. The Morgan fingerprint density at radius 3 is 2.50 bits per heavy atom. The maximum absolute atomic E-state index is 12.1. The van der Waals surface area contributed by atoms with Crippen LogP contribution in [0, 0.1) is 17.8 Å². The van der Waals surface area contributed by atoms with E-state index in [0.717, 1.165) is 19.3 Å². The number of hydrogen-bond donors (Lipinski definition) is 2. The Kier molecular flexibility index (Phi) is 5.63. The van der Waals surface area contributed by atoms with E-state index in [-0.39, 0.29) is 17.9 Å². The highest BCUT2D eigenvalue weighted by atomic mass is 16.4. The number of aliphatic carboxylic acids is 1. The van der Waals surface area contributed by atoms with Gasteiger partial charge in [0.25, 0.3) is 0 Å². The number of amides is 1. The van der Waals surface area contributed by atoms with E-state index in [2.05, 4.69) is 12.2 Å². The van der Waals surface area contributed by atoms with Crippen molar-refractivity contribution in [1.29, 1.82) is 0 Å². The smallest absolute Gasteiger partial charge is 0.307 e. The summed E-state index contributed by atoms with van der Waals surface area (Å²) in [4.78, 5) is 23.2. The van der Waals surface area contributed by atoms with Crippen LogP contribution >= 0.6 is 0 Å². The van der Waals surface area contributed by atoms with Crippen LogP contribution in [0.25, 0.3) is 0 Å². The fourth-order valence-corrected chi connectivity index (χ4v) is 2.79. The first-order valence-corrected chi connectivity index (χ1v) is 6.98. The zero-order valence-corrected chi connectivity index (χ0v) is 11.6. The third kappa shape index (κ3) is 4.00. The van der Waals surface area contributed by atoms with Gasteiger partial charge in [0.1, 0.15) is 0 Å². The number of nitrogens with one attached hydrogen (secondary N) is 1. The quantitative estimate of drug-likeness (QED) is 0.766. The minimum absolute atomic E-state index is 0.0737. The lowest BCUT2D eigenvalue weighted by molar-refractivity contribution is -0.146. The van der Waals surface area contributed by atoms with Crippen LogP contribution in [0.15, 0.2) is 0 Å². The summed E-state index contributed by atoms with van der Waals surface area (Å²) in [5.74, 6) is -1.43. The molecule has 0 aromatic heterocycles. The summed E-state index contributed by atoms with van der Waals surface area (Å²) in [5.41, 5.74) is 0. The number of hydrogen-bond acceptors (Lipinski definition) is 2. The van der Waals surface area contributed by atoms with Gasteiger partial charge in [0.2, 0.25) is 5.91 Å². The molecule has 0 aliphatic heterocycles. The first kappa shape index (κ1) is 15.0. The normalized spacial score (nSPS) is 28.9. The van der Waals surface area contributed by atoms with E-state index in [0.29, 0.717) is 18.8 Å². The molecule has 4 nitrogen and oxygen atoms in total. The van der Waals surface area contributed by atoms with Crippen LogP contribution in [0.2, 0.25) is 0 Å². The van der Waals surface area contributed by atoms with Gasteiger partial charge in [-0.1, -0.05) is 26.7 Å². The molecule has 0 heterocycles. The first-order valence-electron chi connectivity index (χ1n) is 6.98. The summed E-state index contributed by atoms with van der Waals surface area (Å²) in [6.07, 6.45) is 4.48. The van der Waals surface area contributed by atoms with Gasteiger partial charge in [-0.05, 0) is 32.1 Å². The highest BCUT2D eigenvalue weighted by Crippen LogP contribution is 2.36. The van der Waals surface area contributed by atoms with Gasteiger partial charge in [0.15, 0.2) is 0 Å². The zero-order valence-electron chi connectivity index (χ0n) is 11.6. The van der Waals surface area contributed by atoms with Crippen LogP contribution in [0.3, 0.4) is 0 Å². The van der Waals surface area contributed by atoms with Crippen molar-refractivity contribution in [3.8, 4) is 0 Å². The highest BCUT2D eigenvalue weighted by Gasteiger charge is 2.41. The van der Waals surface area contributed by atoms with Crippen LogP contribution in [0.5, 0.6) is 0 Å². The SMILES string of the molecule is CCCCC(C)NC(=O)C1CC(C)CC1C(=O)O. The van der Waals surface area contributed by atoms with Gasteiger partial charge in [0.05, 0.1) is 11.8 Å². The summed E-state index contributed by atoms with van der Waals surface area (Å²) in [6, 6.07) is 0.141. The first-order chi connectivity index (χ1) is 8.45. The zero-order chi connectivity index (χ0) is 13.7. The van der Waals surface area contributed by atoms with Crippen LogP contribution < -0.4 is 5.32 Å². The molecular weight excluding hydrogens is 230 g/mol. The van der Waals surface area contributed by atoms with E-state index < -0.39 is 11.9 Å². The summed E-state index contributed by atoms with van der Waals surface area (Å²) in [6.45, 7) is 6.12. The van der Waals surface area contributed by atoms with Crippen molar-refractivity contribution in [2.45, 2.75) is 58.9 Å². The Hall–Kier alpha value is -1.06. The molecule has 1 amide bonds. The molecule has 1 rings (SSSR count). The van der Waals surface area contributed by atoms with Gasteiger partial charge in [-0.15, -0.1) is 0 Å². The summed E-state index contributed by atoms with van der Waals surface area (Å²) in [5, 5.41) is 12.1. The molecule has 0 spiro atoms. The van der Waals surface area contributed by atoms with E-state index in [4.69, 9.17) is 5.11 Å². The molecule has 1 aliphatic carbocycles. The van der Waals surface area contributed by atoms with Crippen LogP contribution in [-0.2, 0) is 9.59 Å². The number of carbonyl (C=O) groups excluding carboxylic acids is 1. The monoisotopic (exact) mass is 255 g/mol. The number of rotatable bonds is 6. The van der Waals surface area contributed by atoms with Crippen molar-refractivity contribution in [1.82, 2.24) is 5.32 Å². The molecule has 4 heteroatoms. The average Bonchev–Trinajstić information content (AvgIpc) is 2.69. The second kappa shape index (κ2) is 6.76. The van der Waals surface area contributed by atoms with Crippen molar-refractivity contribution in [2.75, 3.05) is 0 Å². The molecule has 2 N–H and O–H groups in total. The molecule has 4 unspecified atom stereocenters. The van der Waals surface area contributed by atoms with Crippen LogP contribution in [-0.4, -0.2) is 23.0 Å². The number of carboxylic acid groups (broad SMARTS) is 1. The molecule has 0 bridgehead atoms. The van der Waals surface area contributed by atoms with Gasteiger partial charge < -0.3 is 10.4 Å².